The largest absolute Gasteiger partial charge is 0.469 e. The van der Waals surface area contributed by atoms with Gasteiger partial charge in [-0.3, -0.25) is 4.52 Å². The Morgan fingerprint density at radius 2 is 1.79 bits per heavy atom. The summed E-state index contributed by atoms with van der Waals surface area (Å²) in [4.78, 5) is 17.2. The van der Waals surface area contributed by atoms with Crippen LogP contribution in [-0.2, 0) is 13.8 Å². The number of benzene rings is 1. The summed E-state index contributed by atoms with van der Waals surface area (Å²) in [6.07, 6.45) is -4.18. The third-order valence-corrected chi connectivity index (χ3v) is 3.38. The maximum Gasteiger partial charge on any atom is 0.469 e. The molecule has 1 aliphatic heterocycles. The van der Waals surface area contributed by atoms with Crippen molar-refractivity contribution in [1.29, 1.82) is 0 Å². The molecule has 0 amide bonds. The molecule has 1 fully saturated rings. The highest BCUT2D eigenvalue weighted by Gasteiger charge is 2.44. The van der Waals surface area contributed by atoms with Gasteiger partial charge in [-0.15, -0.1) is 0 Å². The van der Waals surface area contributed by atoms with Gasteiger partial charge in [0.15, 0.2) is 0 Å². The molecule has 4 atom stereocenters. The number of aliphatic hydroxyl groups excluding tert-OH is 2. The SMILES string of the molecule is O=P(O)(O)OC[C@H]1O[C@@H](c2ccccc2)[C@H](O)[C@@H]1O. The smallest absolute Gasteiger partial charge is 0.387 e. The maximum absolute atomic E-state index is 10.6. The lowest BCUT2D eigenvalue weighted by atomic mass is 10.0. The second-order valence-corrected chi connectivity index (χ2v) is 5.51. The van der Waals surface area contributed by atoms with Crippen LogP contribution in [0.2, 0.25) is 0 Å². The molecule has 1 aromatic carbocycles. The van der Waals surface area contributed by atoms with Crippen LogP contribution in [-0.4, -0.2) is 44.9 Å². The molecule has 4 N–H and O–H groups in total. The molecule has 0 unspecified atom stereocenters. The molecule has 7 nitrogen and oxygen atoms in total. The molecule has 0 spiro atoms. The maximum atomic E-state index is 10.6. The van der Waals surface area contributed by atoms with Gasteiger partial charge in [0.25, 0.3) is 0 Å². The number of aliphatic hydroxyl groups is 2. The average molecular weight is 290 g/mol. The van der Waals surface area contributed by atoms with E-state index in [0.717, 1.165) is 0 Å². The van der Waals surface area contributed by atoms with Crippen molar-refractivity contribution >= 4 is 7.82 Å². The van der Waals surface area contributed by atoms with Crippen molar-refractivity contribution in [3.63, 3.8) is 0 Å². The zero-order valence-electron chi connectivity index (χ0n) is 9.86. The number of phosphoric ester groups is 1. The van der Waals surface area contributed by atoms with Crippen molar-refractivity contribution in [2.24, 2.45) is 0 Å². The van der Waals surface area contributed by atoms with Crippen molar-refractivity contribution in [3.05, 3.63) is 35.9 Å². The lowest BCUT2D eigenvalue weighted by Crippen LogP contribution is -2.33. The normalized spacial score (nSPS) is 31.6. The highest BCUT2D eigenvalue weighted by atomic mass is 31.2. The van der Waals surface area contributed by atoms with Crippen LogP contribution in [0.25, 0.3) is 0 Å². The van der Waals surface area contributed by atoms with Crippen LogP contribution in [0.3, 0.4) is 0 Å². The molecule has 1 aliphatic rings. The fourth-order valence-electron chi connectivity index (χ4n) is 1.98. The molecule has 1 aromatic rings. The average Bonchev–Trinajstić information content (AvgIpc) is 2.64. The van der Waals surface area contributed by atoms with E-state index in [2.05, 4.69) is 4.52 Å². The van der Waals surface area contributed by atoms with Crippen LogP contribution >= 0.6 is 7.82 Å². The van der Waals surface area contributed by atoms with Crippen LogP contribution in [0.5, 0.6) is 0 Å². The van der Waals surface area contributed by atoms with Crippen LogP contribution in [0.1, 0.15) is 11.7 Å². The van der Waals surface area contributed by atoms with E-state index in [1.54, 1.807) is 30.3 Å². The van der Waals surface area contributed by atoms with E-state index < -0.39 is 38.8 Å². The Balaban J connectivity index is 2.04. The third-order valence-electron chi connectivity index (χ3n) is 2.90. The lowest BCUT2D eigenvalue weighted by Gasteiger charge is -2.15. The van der Waals surface area contributed by atoms with Crippen molar-refractivity contribution in [1.82, 2.24) is 0 Å². The fourth-order valence-corrected chi connectivity index (χ4v) is 2.32. The third kappa shape index (κ3) is 3.61. The first-order chi connectivity index (χ1) is 8.88. The van der Waals surface area contributed by atoms with Gasteiger partial charge in [-0.1, -0.05) is 30.3 Å². The van der Waals surface area contributed by atoms with Gasteiger partial charge in [-0.05, 0) is 5.56 Å². The van der Waals surface area contributed by atoms with Gasteiger partial charge in [0, 0.05) is 0 Å². The molecule has 0 aromatic heterocycles. The summed E-state index contributed by atoms with van der Waals surface area (Å²) in [5, 5.41) is 19.7. The highest BCUT2D eigenvalue weighted by Crippen LogP contribution is 2.39. The second kappa shape index (κ2) is 5.68. The molecule has 0 saturated carbocycles. The first-order valence-electron chi connectivity index (χ1n) is 5.65. The van der Waals surface area contributed by atoms with Crippen molar-refractivity contribution in [3.8, 4) is 0 Å². The Labute approximate surface area is 109 Å². The molecule has 2 rings (SSSR count). The van der Waals surface area contributed by atoms with E-state index in [4.69, 9.17) is 14.5 Å². The standard InChI is InChI=1S/C11H15O7P/c12-9-8(6-17-19(14,15)16)18-11(10(9)13)7-4-2-1-3-5-7/h1-5,8-13H,6H2,(H2,14,15,16)/t8-,9-,10-,11+/m1/s1. The Morgan fingerprint density at radius 3 is 2.37 bits per heavy atom. The van der Waals surface area contributed by atoms with E-state index >= 15 is 0 Å². The number of hydrogen-bond donors (Lipinski definition) is 4. The molecular weight excluding hydrogens is 275 g/mol. The van der Waals surface area contributed by atoms with E-state index in [1.807, 2.05) is 0 Å². The van der Waals surface area contributed by atoms with Gasteiger partial charge in [0.05, 0.1) is 6.61 Å². The van der Waals surface area contributed by atoms with Crippen molar-refractivity contribution in [2.45, 2.75) is 24.4 Å². The summed E-state index contributed by atoms with van der Waals surface area (Å²) >= 11 is 0. The number of rotatable bonds is 4. The summed E-state index contributed by atoms with van der Waals surface area (Å²) in [7, 11) is -4.63. The number of phosphoric acid groups is 1. The molecule has 8 heteroatoms. The molecule has 0 aliphatic carbocycles. The van der Waals surface area contributed by atoms with E-state index in [0.29, 0.717) is 5.56 Å². The number of hydrogen-bond acceptors (Lipinski definition) is 5. The first kappa shape index (κ1) is 14.6. The monoisotopic (exact) mass is 290 g/mol. The van der Waals surface area contributed by atoms with Crippen LogP contribution < -0.4 is 0 Å². The number of ether oxygens (including phenoxy) is 1. The minimum atomic E-state index is -4.63. The van der Waals surface area contributed by atoms with Gasteiger partial charge in [0.1, 0.15) is 24.4 Å². The lowest BCUT2D eigenvalue weighted by molar-refractivity contribution is -0.0223. The van der Waals surface area contributed by atoms with Crippen LogP contribution in [0, 0.1) is 0 Å². The first-order valence-corrected chi connectivity index (χ1v) is 7.18. The summed E-state index contributed by atoms with van der Waals surface area (Å²) in [5.41, 5.74) is 0.674. The Kier molecular flexibility index (Phi) is 4.37. The van der Waals surface area contributed by atoms with Gasteiger partial charge in [0.2, 0.25) is 0 Å². The topological polar surface area (TPSA) is 116 Å². The zero-order valence-corrected chi connectivity index (χ0v) is 10.8. The minimum Gasteiger partial charge on any atom is -0.387 e. The fraction of sp³-hybridized carbons (Fsp3) is 0.455. The zero-order chi connectivity index (χ0) is 14.0. The molecule has 106 valence electrons. The Hall–Kier alpha value is -0.790. The van der Waals surface area contributed by atoms with E-state index in [9.17, 15) is 14.8 Å². The highest BCUT2D eigenvalue weighted by molar-refractivity contribution is 7.46. The van der Waals surface area contributed by atoms with Gasteiger partial charge in [-0.25, -0.2) is 4.57 Å². The summed E-state index contributed by atoms with van der Waals surface area (Å²) < 4.78 is 20.3. The second-order valence-electron chi connectivity index (χ2n) is 4.27. The Morgan fingerprint density at radius 1 is 1.16 bits per heavy atom. The van der Waals surface area contributed by atoms with Gasteiger partial charge >= 0.3 is 7.82 Å². The minimum absolute atomic E-state index is 0.494. The summed E-state index contributed by atoms with van der Waals surface area (Å²) in [5.74, 6) is 0. The molecule has 0 bridgehead atoms. The van der Waals surface area contributed by atoms with E-state index in [1.165, 1.54) is 0 Å². The van der Waals surface area contributed by atoms with Gasteiger partial charge < -0.3 is 24.7 Å². The van der Waals surface area contributed by atoms with Crippen molar-refractivity contribution < 1.29 is 33.8 Å². The molecule has 1 saturated heterocycles. The van der Waals surface area contributed by atoms with Crippen LogP contribution in [0.4, 0.5) is 0 Å². The molecule has 19 heavy (non-hydrogen) atoms. The van der Waals surface area contributed by atoms with Gasteiger partial charge in [-0.2, -0.15) is 0 Å². The predicted octanol–water partition coefficient (Wildman–Crippen LogP) is -0.0424. The molecule has 1 heterocycles. The summed E-state index contributed by atoms with van der Waals surface area (Å²) in [6.45, 7) is -0.494. The van der Waals surface area contributed by atoms with Crippen molar-refractivity contribution in [2.75, 3.05) is 6.61 Å². The van der Waals surface area contributed by atoms with Crippen LogP contribution in [0.15, 0.2) is 30.3 Å². The molecule has 0 radical (unpaired) electrons. The van der Waals surface area contributed by atoms with E-state index in [-0.39, 0.29) is 0 Å². The quantitative estimate of drug-likeness (QED) is 0.575. The summed E-state index contributed by atoms with van der Waals surface area (Å²) in [6, 6.07) is 8.78. The predicted molar refractivity (Wildman–Crippen MR) is 64.1 cm³/mol. The Bertz CT molecular complexity index is 459. The molecular formula is C11H15O7P.